The average Bonchev–Trinajstić information content (AvgIpc) is 3.25. The number of nitrogens with zero attached hydrogens (tertiary/aromatic N) is 5. The van der Waals surface area contributed by atoms with E-state index < -0.39 is 11.6 Å². The first kappa shape index (κ1) is 19.5. The number of anilines is 1. The number of benzene rings is 1. The summed E-state index contributed by atoms with van der Waals surface area (Å²) in [6.07, 6.45) is 8.79. The minimum absolute atomic E-state index is 0.0693. The van der Waals surface area contributed by atoms with E-state index in [1.165, 1.54) is 12.1 Å². The molecule has 1 atom stereocenters. The number of fused-ring (bicyclic) bond motifs is 1. The summed E-state index contributed by atoms with van der Waals surface area (Å²) in [4.78, 5) is 8.92. The van der Waals surface area contributed by atoms with Crippen molar-refractivity contribution in [3.8, 4) is 0 Å². The third kappa shape index (κ3) is 4.63. The highest BCUT2D eigenvalue weighted by molar-refractivity contribution is 5.31. The van der Waals surface area contributed by atoms with Crippen molar-refractivity contribution in [1.29, 1.82) is 0 Å². The summed E-state index contributed by atoms with van der Waals surface area (Å²) in [5.41, 5.74) is 1.78. The molecule has 0 amide bonds. The maximum absolute atomic E-state index is 13.7. The Morgan fingerprint density at radius 2 is 2.07 bits per heavy atom. The molecule has 3 aromatic rings. The Morgan fingerprint density at radius 3 is 2.86 bits per heavy atom. The minimum atomic E-state index is -0.822. The Kier molecular flexibility index (Phi) is 5.87. The topological polar surface area (TPSA) is 60.6 Å². The number of aromatic nitrogens is 5. The standard InChI is InChI=1S/C21H26F2N6/c1-15-13-28(14-25-15)10-5-3-9-24-21-26-20-17(6-2-4-11-29(20)27-21)16-7-8-18(22)19(23)12-16/h7-8,12-14,17H,2-6,9-11H2,1H3,(H,24,27)/t17-/m1/s1. The molecule has 4 rings (SSSR count). The zero-order valence-electron chi connectivity index (χ0n) is 16.6. The molecule has 29 heavy (non-hydrogen) atoms. The van der Waals surface area contributed by atoms with Gasteiger partial charge in [-0.25, -0.2) is 18.4 Å². The van der Waals surface area contributed by atoms with E-state index in [0.29, 0.717) is 5.95 Å². The lowest BCUT2D eigenvalue weighted by molar-refractivity contribution is 0.504. The Labute approximate surface area is 169 Å². The number of hydrogen-bond donors (Lipinski definition) is 1. The van der Waals surface area contributed by atoms with E-state index in [1.54, 1.807) is 6.07 Å². The van der Waals surface area contributed by atoms with Crippen LogP contribution < -0.4 is 5.32 Å². The maximum Gasteiger partial charge on any atom is 0.242 e. The van der Waals surface area contributed by atoms with Gasteiger partial charge in [-0.05, 0) is 50.3 Å². The highest BCUT2D eigenvalue weighted by Crippen LogP contribution is 2.32. The number of unbranched alkanes of at least 4 members (excludes halogenated alkanes) is 1. The molecule has 6 nitrogen and oxygen atoms in total. The molecule has 0 fully saturated rings. The molecule has 0 radical (unpaired) electrons. The molecule has 1 aliphatic rings. The molecule has 0 spiro atoms. The molecule has 0 saturated carbocycles. The zero-order valence-corrected chi connectivity index (χ0v) is 16.6. The van der Waals surface area contributed by atoms with Crippen LogP contribution in [0.5, 0.6) is 0 Å². The Bertz CT molecular complexity index is 964. The van der Waals surface area contributed by atoms with Gasteiger partial charge < -0.3 is 9.88 Å². The van der Waals surface area contributed by atoms with Crippen LogP contribution in [0.25, 0.3) is 0 Å². The van der Waals surface area contributed by atoms with Crippen LogP contribution in [0.4, 0.5) is 14.7 Å². The quantitative estimate of drug-likeness (QED) is 0.602. The van der Waals surface area contributed by atoms with Crippen LogP contribution in [0.15, 0.2) is 30.7 Å². The number of rotatable bonds is 7. The second-order valence-electron chi connectivity index (χ2n) is 7.63. The van der Waals surface area contributed by atoms with Gasteiger partial charge in [0.2, 0.25) is 5.95 Å². The molecule has 1 aliphatic heterocycles. The van der Waals surface area contributed by atoms with E-state index in [-0.39, 0.29) is 5.92 Å². The predicted octanol–water partition coefficient (Wildman–Crippen LogP) is 4.27. The largest absolute Gasteiger partial charge is 0.353 e. The van der Waals surface area contributed by atoms with E-state index in [0.717, 1.165) is 68.8 Å². The van der Waals surface area contributed by atoms with Gasteiger partial charge >= 0.3 is 0 Å². The van der Waals surface area contributed by atoms with E-state index in [1.807, 2.05) is 24.1 Å². The lowest BCUT2D eigenvalue weighted by Crippen LogP contribution is -2.09. The number of halogens is 2. The van der Waals surface area contributed by atoms with Crippen LogP contribution in [0.2, 0.25) is 0 Å². The van der Waals surface area contributed by atoms with Crippen molar-refractivity contribution < 1.29 is 8.78 Å². The van der Waals surface area contributed by atoms with Crippen molar-refractivity contribution in [2.75, 3.05) is 11.9 Å². The van der Waals surface area contributed by atoms with Crippen LogP contribution in [0.3, 0.4) is 0 Å². The average molecular weight is 400 g/mol. The van der Waals surface area contributed by atoms with E-state index in [9.17, 15) is 8.78 Å². The van der Waals surface area contributed by atoms with Crippen LogP contribution in [-0.2, 0) is 13.1 Å². The molecule has 154 valence electrons. The molecular formula is C21H26F2N6. The van der Waals surface area contributed by atoms with Gasteiger partial charge in [-0.2, -0.15) is 4.98 Å². The fraction of sp³-hybridized carbons (Fsp3) is 0.476. The van der Waals surface area contributed by atoms with Crippen molar-refractivity contribution in [1.82, 2.24) is 24.3 Å². The summed E-state index contributed by atoms with van der Waals surface area (Å²) in [5, 5.41) is 7.90. The van der Waals surface area contributed by atoms with E-state index in [2.05, 4.69) is 25.0 Å². The monoisotopic (exact) mass is 400 g/mol. The van der Waals surface area contributed by atoms with Crippen molar-refractivity contribution in [2.24, 2.45) is 0 Å². The van der Waals surface area contributed by atoms with Crippen LogP contribution in [0, 0.1) is 18.6 Å². The normalized spacial score (nSPS) is 16.4. The smallest absolute Gasteiger partial charge is 0.242 e. The van der Waals surface area contributed by atoms with E-state index >= 15 is 0 Å². The molecule has 0 saturated heterocycles. The molecular weight excluding hydrogens is 374 g/mol. The summed E-state index contributed by atoms with van der Waals surface area (Å²) in [5.74, 6) is -0.278. The van der Waals surface area contributed by atoms with Crippen molar-refractivity contribution in [3.63, 3.8) is 0 Å². The summed E-state index contributed by atoms with van der Waals surface area (Å²) < 4.78 is 31.1. The summed E-state index contributed by atoms with van der Waals surface area (Å²) in [6.45, 7) is 4.51. The third-order valence-corrected chi connectivity index (χ3v) is 5.36. The Morgan fingerprint density at radius 1 is 1.17 bits per heavy atom. The third-order valence-electron chi connectivity index (χ3n) is 5.36. The molecule has 2 aromatic heterocycles. The predicted molar refractivity (Wildman–Crippen MR) is 107 cm³/mol. The second kappa shape index (κ2) is 8.71. The lowest BCUT2D eigenvalue weighted by Gasteiger charge is -2.14. The van der Waals surface area contributed by atoms with Gasteiger partial charge in [0.15, 0.2) is 11.6 Å². The number of aryl methyl sites for hydroxylation is 3. The van der Waals surface area contributed by atoms with Gasteiger partial charge in [0.25, 0.3) is 0 Å². The molecule has 0 aliphatic carbocycles. The zero-order chi connectivity index (χ0) is 20.2. The summed E-state index contributed by atoms with van der Waals surface area (Å²) in [6, 6.07) is 4.13. The van der Waals surface area contributed by atoms with Crippen LogP contribution in [-0.4, -0.2) is 30.9 Å². The number of hydrogen-bond acceptors (Lipinski definition) is 4. The molecule has 3 heterocycles. The van der Waals surface area contributed by atoms with Gasteiger partial charge in [0, 0.05) is 31.7 Å². The first-order chi connectivity index (χ1) is 14.1. The molecule has 1 N–H and O–H groups in total. The van der Waals surface area contributed by atoms with Gasteiger partial charge in [0.05, 0.1) is 12.0 Å². The van der Waals surface area contributed by atoms with Crippen LogP contribution >= 0.6 is 0 Å². The highest BCUT2D eigenvalue weighted by atomic mass is 19.2. The molecule has 0 bridgehead atoms. The summed E-state index contributed by atoms with van der Waals surface area (Å²) in [7, 11) is 0. The second-order valence-corrected chi connectivity index (χ2v) is 7.63. The first-order valence-electron chi connectivity index (χ1n) is 10.2. The lowest BCUT2D eigenvalue weighted by atomic mass is 9.93. The van der Waals surface area contributed by atoms with Crippen molar-refractivity contribution in [2.45, 2.75) is 58.0 Å². The molecule has 1 aromatic carbocycles. The van der Waals surface area contributed by atoms with Crippen LogP contribution in [0.1, 0.15) is 55.1 Å². The molecule has 8 heteroatoms. The SMILES string of the molecule is Cc1cn(CCCCNc2nc3n(n2)CCCC[C@@H]3c2ccc(F)c(F)c2)cn1. The van der Waals surface area contributed by atoms with Gasteiger partial charge in [-0.15, -0.1) is 5.10 Å². The van der Waals surface area contributed by atoms with Crippen molar-refractivity contribution >= 4 is 5.95 Å². The maximum atomic E-state index is 13.7. The number of nitrogens with one attached hydrogen (secondary N) is 1. The summed E-state index contributed by atoms with van der Waals surface area (Å²) >= 11 is 0. The number of imidazole rings is 1. The van der Waals surface area contributed by atoms with Crippen molar-refractivity contribution in [3.05, 3.63) is 59.4 Å². The highest BCUT2D eigenvalue weighted by Gasteiger charge is 2.25. The van der Waals surface area contributed by atoms with Gasteiger partial charge in [-0.1, -0.05) is 12.5 Å². The molecule has 0 unspecified atom stereocenters. The van der Waals surface area contributed by atoms with E-state index in [4.69, 9.17) is 0 Å². The van der Waals surface area contributed by atoms with Gasteiger partial charge in [0.1, 0.15) is 5.82 Å². The fourth-order valence-electron chi connectivity index (χ4n) is 3.85. The Balaban J connectivity index is 1.38. The first-order valence-corrected chi connectivity index (χ1v) is 10.2. The fourth-order valence-corrected chi connectivity index (χ4v) is 3.85. The Hall–Kier alpha value is -2.77. The minimum Gasteiger partial charge on any atom is -0.353 e. The van der Waals surface area contributed by atoms with Gasteiger partial charge in [-0.3, -0.25) is 0 Å².